The highest BCUT2D eigenvalue weighted by atomic mass is 16.2. The molecule has 1 amide bonds. The molecule has 0 aromatic heterocycles. The average molecular weight is 254 g/mol. The largest absolute Gasteiger partial charge is 0.342 e. The van der Waals surface area contributed by atoms with Crippen LogP contribution in [-0.2, 0) is 4.79 Å². The van der Waals surface area contributed by atoms with Crippen LogP contribution >= 0.6 is 0 Å². The highest BCUT2D eigenvalue weighted by Gasteiger charge is 2.35. The van der Waals surface area contributed by atoms with E-state index in [1.807, 2.05) is 11.9 Å². The number of hydrogen-bond acceptors (Lipinski definition) is 2. The first-order valence-corrected chi connectivity index (χ1v) is 7.25. The first kappa shape index (κ1) is 15.5. The van der Waals surface area contributed by atoms with Gasteiger partial charge in [-0.05, 0) is 37.6 Å². The highest BCUT2D eigenvalue weighted by molar-refractivity contribution is 5.79. The van der Waals surface area contributed by atoms with Crippen molar-refractivity contribution >= 4 is 5.91 Å². The van der Waals surface area contributed by atoms with Crippen molar-refractivity contribution in [2.45, 2.75) is 59.4 Å². The van der Waals surface area contributed by atoms with Crippen LogP contribution in [0.4, 0.5) is 0 Å². The lowest BCUT2D eigenvalue weighted by Gasteiger charge is -2.39. The van der Waals surface area contributed by atoms with Gasteiger partial charge in [0, 0.05) is 19.0 Å². The summed E-state index contributed by atoms with van der Waals surface area (Å²) >= 11 is 0. The predicted molar refractivity (Wildman–Crippen MR) is 76.2 cm³/mol. The molecule has 0 aromatic rings. The SMILES string of the molecule is CC(N(C)C(=O)C1CCCCC1CN)C(C)(C)C. The zero-order valence-corrected chi connectivity index (χ0v) is 12.7. The Morgan fingerprint density at radius 2 is 1.89 bits per heavy atom. The van der Waals surface area contributed by atoms with Crippen molar-refractivity contribution in [2.24, 2.45) is 23.0 Å². The molecule has 18 heavy (non-hydrogen) atoms. The van der Waals surface area contributed by atoms with Crippen molar-refractivity contribution < 1.29 is 4.79 Å². The Morgan fingerprint density at radius 3 is 2.39 bits per heavy atom. The zero-order valence-electron chi connectivity index (χ0n) is 12.7. The molecule has 1 aliphatic carbocycles. The van der Waals surface area contributed by atoms with Gasteiger partial charge < -0.3 is 10.6 Å². The second-order valence-electron chi connectivity index (χ2n) is 6.88. The Bertz CT molecular complexity index is 283. The standard InChI is InChI=1S/C15H30N2O/c1-11(15(2,3)4)17(5)14(18)13-9-7-6-8-12(13)10-16/h11-13H,6-10,16H2,1-5H3. The molecule has 1 rings (SSSR count). The summed E-state index contributed by atoms with van der Waals surface area (Å²) in [6.07, 6.45) is 4.53. The molecule has 1 saturated carbocycles. The lowest BCUT2D eigenvalue weighted by molar-refractivity contribution is -0.141. The number of rotatable bonds is 3. The van der Waals surface area contributed by atoms with E-state index < -0.39 is 0 Å². The Kier molecular flexibility index (Phi) is 5.20. The molecule has 0 radical (unpaired) electrons. The summed E-state index contributed by atoms with van der Waals surface area (Å²) in [5, 5.41) is 0. The van der Waals surface area contributed by atoms with Crippen molar-refractivity contribution in [3.8, 4) is 0 Å². The van der Waals surface area contributed by atoms with Crippen LogP contribution in [0.3, 0.4) is 0 Å². The molecule has 106 valence electrons. The van der Waals surface area contributed by atoms with E-state index in [4.69, 9.17) is 5.73 Å². The van der Waals surface area contributed by atoms with E-state index in [1.54, 1.807) is 0 Å². The Morgan fingerprint density at radius 1 is 1.33 bits per heavy atom. The number of nitrogens with zero attached hydrogens (tertiary/aromatic N) is 1. The number of carbonyl (C=O) groups excluding carboxylic acids is 1. The second kappa shape index (κ2) is 6.05. The van der Waals surface area contributed by atoms with Crippen LogP contribution in [-0.4, -0.2) is 30.4 Å². The maximum absolute atomic E-state index is 12.6. The zero-order chi connectivity index (χ0) is 13.9. The van der Waals surface area contributed by atoms with Crippen LogP contribution in [0.15, 0.2) is 0 Å². The molecule has 3 nitrogen and oxygen atoms in total. The Balaban J connectivity index is 2.73. The summed E-state index contributed by atoms with van der Waals surface area (Å²) in [5.74, 6) is 0.840. The molecular weight excluding hydrogens is 224 g/mol. The summed E-state index contributed by atoms with van der Waals surface area (Å²) in [7, 11) is 1.94. The van der Waals surface area contributed by atoms with Crippen molar-refractivity contribution in [3.63, 3.8) is 0 Å². The van der Waals surface area contributed by atoms with Crippen LogP contribution in [0.2, 0.25) is 0 Å². The number of nitrogens with two attached hydrogens (primary N) is 1. The minimum absolute atomic E-state index is 0.122. The first-order chi connectivity index (χ1) is 8.29. The van der Waals surface area contributed by atoms with E-state index in [9.17, 15) is 4.79 Å². The van der Waals surface area contributed by atoms with Crippen molar-refractivity contribution in [3.05, 3.63) is 0 Å². The van der Waals surface area contributed by atoms with Gasteiger partial charge >= 0.3 is 0 Å². The van der Waals surface area contributed by atoms with Crippen LogP contribution in [0, 0.1) is 17.3 Å². The first-order valence-electron chi connectivity index (χ1n) is 7.25. The molecule has 0 bridgehead atoms. The van der Waals surface area contributed by atoms with Gasteiger partial charge in [0.25, 0.3) is 0 Å². The molecular formula is C15H30N2O. The third kappa shape index (κ3) is 3.47. The summed E-state index contributed by atoms with van der Waals surface area (Å²) in [4.78, 5) is 14.6. The number of amides is 1. The van der Waals surface area contributed by atoms with E-state index in [2.05, 4.69) is 27.7 Å². The average Bonchev–Trinajstić information content (AvgIpc) is 2.34. The highest BCUT2D eigenvalue weighted by Crippen LogP contribution is 2.32. The topological polar surface area (TPSA) is 46.3 Å². The van der Waals surface area contributed by atoms with Crippen molar-refractivity contribution in [2.75, 3.05) is 13.6 Å². The smallest absolute Gasteiger partial charge is 0.226 e. The monoisotopic (exact) mass is 254 g/mol. The van der Waals surface area contributed by atoms with E-state index in [1.165, 1.54) is 12.8 Å². The maximum atomic E-state index is 12.6. The van der Waals surface area contributed by atoms with Crippen LogP contribution in [0.5, 0.6) is 0 Å². The third-order valence-electron chi connectivity index (χ3n) is 4.71. The maximum Gasteiger partial charge on any atom is 0.226 e. The summed E-state index contributed by atoms with van der Waals surface area (Å²) < 4.78 is 0. The summed E-state index contributed by atoms with van der Waals surface area (Å²) in [5.41, 5.74) is 5.95. The molecule has 0 aromatic carbocycles. The quantitative estimate of drug-likeness (QED) is 0.841. The molecule has 0 saturated heterocycles. The minimum Gasteiger partial charge on any atom is -0.342 e. The number of hydrogen-bond donors (Lipinski definition) is 1. The minimum atomic E-state index is 0.122. The van der Waals surface area contributed by atoms with Gasteiger partial charge in [-0.1, -0.05) is 33.6 Å². The van der Waals surface area contributed by atoms with Gasteiger partial charge in [-0.3, -0.25) is 4.79 Å². The summed E-state index contributed by atoms with van der Waals surface area (Å²) in [6, 6.07) is 0.255. The second-order valence-corrected chi connectivity index (χ2v) is 6.88. The Labute approximate surface area is 112 Å². The van der Waals surface area contributed by atoms with Crippen molar-refractivity contribution in [1.82, 2.24) is 4.90 Å². The fraction of sp³-hybridized carbons (Fsp3) is 0.933. The lowest BCUT2D eigenvalue weighted by atomic mass is 9.77. The van der Waals surface area contributed by atoms with Gasteiger partial charge in [-0.15, -0.1) is 0 Å². The molecule has 2 N–H and O–H groups in total. The molecule has 0 aliphatic heterocycles. The van der Waals surface area contributed by atoms with E-state index >= 15 is 0 Å². The fourth-order valence-electron chi connectivity index (χ4n) is 2.85. The molecule has 1 aliphatic rings. The van der Waals surface area contributed by atoms with E-state index in [-0.39, 0.29) is 17.4 Å². The van der Waals surface area contributed by atoms with E-state index in [0.29, 0.717) is 18.4 Å². The van der Waals surface area contributed by atoms with Gasteiger partial charge in [0.1, 0.15) is 0 Å². The molecule has 3 heteroatoms. The fourth-order valence-corrected chi connectivity index (χ4v) is 2.85. The van der Waals surface area contributed by atoms with Crippen LogP contribution in [0.1, 0.15) is 53.4 Å². The molecule has 1 fully saturated rings. The molecule has 0 spiro atoms. The normalized spacial score (nSPS) is 26.8. The van der Waals surface area contributed by atoms with Crippen molar-refractivity contribution in [1.29, 1.82) is 0 Å². The van der Waals surface area contributed by atoms with Gasteiger partial charge in [-0.25, -0.2) is 0 Å². The molecule has 3 unspecified atom stereocenters. The molecule has 0 heterocycles. The third-order valence-corrected chi connectivity index (χ3v) is 4.71. The number of carbonyl (C=O) groups is 1. The summed E-state index contributed by atoms with van der Waals surface area (Å²) in [6.45, 7) is 9.33. The van der Waals surface area contributed by atoms with E-state index in [0.717, 1.165) is 12.8 Å². The van der Waals surface area contributed by atoms with Gasteiger partial charge in [0.05, 0.1) is 0 Å². The van der Waals surface area contributed by atoms with Gasteiger partial charge in [0.15, 0.2) is 0 Å². The van der Waals surface area contributed by atoms with Crippen LogP contribution < -0.4 is 5.73 Å². The molecule has 3 atom stereocenters. The Hall–Kier alpha value is -0.570. The van der Waals surface area contributed by atoms with Crippen LogP contribution in [0.25, 0.3) is 0 Å². The predicted octanol–water partition coefficient (Wildman–Crippen LogP) is 2.64. The van der Waals surface area contributed by atoms with Gasteiger partial charge in [0.2, 0.25) is 5.91 Å². The lowest BCUT2D eigenvalue weighted by Crippen LogP contribution is -2.48. The van der Waals surface area contributed by atoms with Gasteiger partial charge in [-0.2, -0.15) is 0 Å².